The zero-order valence-corrected chi connectivity index (χ0v) is 21.7. The summed E-state index contributed by atoms with van der Waals surface area (Å²) >= 11 is 0. The van der Waals surface area contributed by atoms with Gasteiger partial charge in [-0.2, -0.15) is 0 Å². The molecule has 194 valence electrons. The number of hydrogen-bond acceptors (Lipinski definition) is 5. The number of carbonyl (C=O) groups excluding carboxylic acids is 2. The van der Waals surface area contributed by atoms with Crippen LogP contribution in [0.4, 0.5) is 5.69 Å². The molecule has 2 aliphatic rings. The van der Waals surface area contributed by atoms with Gasteiger partial charge in [-0.1, -0.05) is 44.9 Å². The fourth-order valence-electron chi connectivity index (χ4n) is 5.63. The number of fused-ring (bicyclic) bond motifs is 1. The van der Waals surface area contributed by atoms with Gasteiger partial charge in [-0.15, -0.1) is 0 Å². The molecule has 0 aromatic heterocycles. The monoisotopic (exact) mass is 493 g/mol. The van der Waals surface area contributed by atoms with E-state index in [0.29, 0.717) is 41.7 Å². The second-order valence-corrected chi connectivity index (χ2v) is 9.67. The summed E-state index contributed by atoms with van der Waals surface area (Å²) in [6, 6.07) is 14.4. The third-order valence-corrected chi connectivity index (χ3v) is 7.64. The second kappa shape index (κ2) is 12.3. The Hall–Kier alpha value is -3.06. The summed E-state index contributed by atoms with van der Waals surface area (Å²) in [7, 11) is 1.61. The zero-order valence-electron chi connectivity index (χ0n) is 21.7. The summed E-state index contributed by atoms with van der Waals surface area (Å²) in [5, 5.41) is 3.06. The zero-order chi connectivity index (χ0) is 25.5. The first-order valence-electron chi connectivity index (χ1n) is 13.3. The molecule has 1 saturated carbocycles. The van der Waals surface area contributed by atoms with Gasteiger partial charge in [-0.05, 0) is 62.5 Å². The predicted molar refractivity (Wildman–Crippen MR) is 142 cm³/mol. The van der Waals surface area contributed by atoms with Crippen LogP contribution in [0.1, 0.15) is 56.3 Å². The predicted octanol–water partition coefficient (Wildman–Crippen LogP) is 4.83. The summed E-state index contributed by atoms with van der Waals surface area (Å²) < 4.78 is 11.5. The Kier molecular flexibility index (Phi) is 8.86. The van der Waals surface area contributed by atoms with Gasteiger partial charge in [0.2, 0.25) is 5.91 Å². The van der Waals surface area contributed by atoms with E-state index in [2.05, 4.69) is 24.1 Å². The highest BCUT2D eigenvalue weighted by atomic mass is 16.5. The Morgan fingerprint density at radius 2 is 1.78 bits per heavy atom. The number of ether oxygens (including phenoxy) is 2. The van der Waals surface area contributed by atoms with Crippen molar-refractivity contribution in [2.75, 3.05) is 38.7 Å². The van der Waals surface area contributed by atoms with Crippen LogP contribution in [-0.4, -0.2) is 67.0 Å². The number of nitrogens with zero attached hydrogens (tertiary/aromatic N) is 2. The molecular formula is C29H39N3O4. The van der Waals surface area contributed by atoms with Gasteiger partial charge in [0.15, 0.2) is 11.5 Å². The SMILES string of the molecule is CCN(CC)CCOc1cc(NC(=O)C2CC3CCCCC3N2C(=O)c2ccccc2)ccc1OC. The van der Waals surface area contributed by atoms with Gasteiger partial charge in [0, 0.05) is 29.9 Å². The molecule has 2 aromatic rings. The highest BCUT2D eigenvalue weighted by Crippen LogP contribution is 2.41. The molecular weight excluding hydrogens is 454 g/mol. The summed E-state index contributed by atoms with van der Waals surface area (Å²) in [4.78, 5) is 31.3. The van der Waals surface area contributed by atoms with Crippen LogP contribution >= 0.6 is 0 Å². The van der Waals surface area contributed by atoms with E-state index in [1.807, 2.05) is 53.4 Å². The lowest BCUT2D eigenvalue weighted by atomic mass is 9.84. The van der Waals surface area contributed by atoms with Gasteiger partial charge >= 0.3 is 0 Å². The number of nitrogens with one attached hydrogen (secondary N) is 1. The van der Waals surface area contributed by atoms with E-state index in [0.717, 1.165) is 45.3 Å². The molecule has 1 aliphatic heterocycles. The van der Waals surface area contributed by atoms with Crippen molar-refractivity contribution in [3.05, 3.63) is 54.1 Å². The topological polar surface area (TPSA) is 71.1 Å². The molecule has 36 heavy (non-hydrogen) atoms. The van der Waals surface area contributed by atoms with Gasteiger partial charge < -0.3 is 24.6 Å². The highest BCUT2D eigenvalue weighted by molar-refractivity contribution is 6.02. The summed E-state index contributed by atoms with van der Waals surface area (Å²) in [5.74, 6) is 1.39. The van der Waals surface area contributed by atoms with Crippen LogP contribution in [-0.2, 0) is 4.79 Å². The molecule has 7 heteroatoms. The summed E-state index contributed by atoms with van der Waals surface area (Å²) in [6.45, 7) is 7.54. The maximum Gasteiger partial charge on any atom is 0.254 e. The van der Waals surface area contributed by atoms with E-state index < -0.39 is 6.04 Å². The number of likely N-dealkylation sites (tertiary alicyclic amines) is 1. The Bertz CT molecular complexity index is 1020. The normalized spacial score (nSPS) is 21.2. The third-order valence-electron chi connectivity index (χ3n) is 7.64. The number of hydrogen-bond donors (Lipinski definition) is 1. The van der Waals surface area contributed by atoms with Crippen molar-refractivity contribution in [1.82, 2.24) is 9.80 Å². The number of methoxy groups -OCH3 is 1. The maximum atomic E-state index is 13.6. The number of amides is 2. The first-order valence-corrected chi connectivity index (χ1v) is 13.3. The third kappa shape index (κ3) is 5.84. The molecule has 1 N–H and O–H groups in total. The van der Waals surface area contributed by atoms with E-state index in [-0.39, 0.29) is 17.9 Å². The molecule has 7 nitrogen and oxygen atoms in total. The average Bonchev–Trinajstić information content (AvgIpc) is 3.31. The highest BCUT2D eigenvalue weighted by Gasteiger charge is 2.47. The Balaban J connectivity index is 1.50. The van der Waals surface area contributed by atoms with E-state index in [1.54, 1.807) is 7.11 Å². The molecule has 3 unspecified atom stereocenters. The van der Waals surface area contributed by atoms with Gasteiger partial charge in [-0.3, -0.25) is 9.59 Å². The molecule has 0 radical (unpaired) electrons. The van der Waals surface area contributed by atoms with Crippen LogP contribution in [0.25, 0.3) is 0 Å². The summed E-state index contributed by atoms with van der Waals surface area (Å²) in [5.41, 5.74) is 1.27. The van der Waals surface area contributed by atoms with Gasteiger partial charge in [0.25, 0.3) is 5.91 Å². The fraction of sp³-hybridized carbons (Fsp3) is 0.517. The van der Waals surface area contributed by atoms with Crippen LogP contribution in [0.15, 0.2) is 48.5 Å². The Morgan fingerprint density at radius 1 is 1.03 bits per heavy atom. The van der Waals surface area contributed by atoms with Crippen molar-refractivity contribution in [2.24, 2.45) is 5.92 Å². The van der Waals surface area contributed by atoms with Crippen molar-refractivity contribution in [3.8, 4) is 11.5 Å². The lowest BCUT2D eigenvalue weighted by Crippen LogP contribution is -2.47. The molecule has 1 heterocycles. The van der Waals surface area contributed by atoms with Crippen molar-refractivity contribution >= 4 is 17.5 Å². The van der Waals surface area contributed by atoms with Gasteiger partial charge in [0.05, 0.1) is 7.11 Å². The van der Waals surface area contributed by atoms with Crippen molar-refractivity contribution in [1.29, 1.82) is 0 Å². The summed E-state index contributed by atoms with van der Waals surface area (Å²) in [6.07, 6.45) is 4.99. The largest absolute Gasteiger partial charge is 0.493 e. The molecule has 0 spiro atoms. The molecule has 1 aliphatic carbocycles. The van der Waals surface area contributed by atoms with Crippen LogP contribution in [0.5, 0.6) is 11.5 Å². The molecule has 1 saturated heterocycles. The first kappa shape index (κ1) is 26.0. The minimum Gasteiger partial charge on any atom is -0.493 e. The Morgan fingerprint density at radius 3 is 2.50 bits per heavy atom. The van der Waals surface area contributed by atoms with E-state index in [4.69, 9.17) is 9.47 Å². The maximum absolute atomic E-state index is 13.6. The smallest absolute Gasteiger partial charge is 0.254 e. The van der Waals surface area contributed by atoms with Crippen molar-refractivity contribution in [2.45, 2.75) is 58.0 Å². The molecule has 3 atom stereocenters. The molecule has 4 rings (SSSR count). The molecule has 2 aromatic carbocycles. The number of rotatable bonds is 10. The molecule has 2 fully saturated rings. The molecule has 2 amide bonds. The minimum atomic E-state index is -0.486. The number of carbonyl (C=O) groups is 2. The lowest BCUT2D eigenvalue weighted by molar-refractivity contribution is -0.120. The lowest BCUT2D eigenvalue weighted by Gasteiger charge is -2.33. The van der Waals surface area contributed by atoms with E-state index in [9.17, 15) is 9.59 Å². The minimum absolute atomic E-state index is 0.0553. The van der Waals surface area contributed by atoms with Crippen LogP contribution in [0.2, 0.25) is 0 Å². The van der Waals surface area contributed by atoms with Crippen molar-refractivity contribution in [3.63, 3.8) is 0 Å². The fourth-order valence-corrected chi connectivity index (χ4v) is 5.63. The van der Waals surface area contributed by atoms with Gasteiger partial charge in [-0.25, -0.2) is 0 Å². The standard InChI is InChI=1S/C29H39N3O4/c1-4-31(5-2)17-18-36-27-20-23(15-16-26(27)35-3)30-28(33)25-19-22-13-9-10-14-24(22)32(25)29(34)21-11-7-6-8-12-21/h6-8,11-12,15-16,20,22,24-25H,4-5,9-10,13-14,17-19H2,1-3H3,(H,30,33). The molecule has 0 bridgehead atoms. The van der Waals surface area contributed by atoms with Crippen LogP contribution in [0, 0.1) is 5.92 Å². The van der Waals surface area contributed by atoms with Crippen LogP contribution in [0.3, 0.4) is 0 Å². The van der Waals surface area contributed by atoms with E-state index in [1.165, 1.54) is 0 Å². The number of benzene rings is 2. The average molecular weight is 494 g/mol. The quantitative estimate of drug-likeness (QED) is 0.513. The number of anilines is 1. The number of likely N-dealkylation sites (N-methyl/N-ethyl adjacent to an activating group) is 1. The Labute approximate surface area is 214 Å². The van der Waals surface area contributed by atoms with Gasteiger partial charge in [0.1, 0.15) is 12.6 Å². The second-order valence-electron chi connectivity index (χ2n) is 9.67. The van der Waals surface area contributed by atoms with E-state index >= 15 is 0 Å². The van der Waals surface area contributed by atoms with Crippen LogP contribution < -0.4 is 14.8 Å². The first-order chi connectivity index (χ1) is 17.5. The van der Waals surface area contributed by atoms with Crippen molar-refractivity contribution < 1.29 is 19.1 Å².